The Morgan fingerprint density at radius 3 is 2.73 bits per heavy atom. The molecule has 7 heteroatoms. The fourth-order valence-electron chi connectivity index (χ4n) is 2.58. The Bertz CT molecular complexity index is 783. The minimum absolute atomic E-state index is 0. The molecule has 0 bridgehead atoms. The van der Waals surface area contributed by atoms with Crippen LogP contribution in [0.1, 0.15) is 17.0 Å². The smallest absolute Gasteiger partial charge is 0.191 e. The van der Waals surface area contributed by atoms with E-state index in [1.807, 2.05) is 18.5 Å². The van der Waals surface area contributed by atoms with Crippen LogP contribution >= 0.6 is 35.3 Å². The molecule has 26 heavy (non-hydrogen) atoms. The Balaban J connectivity index is 0.00000243. The number of imidazole rings is 1. The number of thiophene rings is 1. The second kappa shape index (κ2) is 11.0. The van der Waals surface area contributed by atoms with Crippen LogP contribution in [0.3, 0.4) is 0 Å². The maximum absolute atomic E-state index is 4.49. The van der Waals surface area contributed by atoms with Gasteiger partial charge in [-0.3, -0.25) is 4.99 Å². The molecule has 5 nitrogen and oxygen atoms in total. The number of benzene rings is 1. The molecule has 0 amide bonds. The first-order chi connectivity index (χ1) is 12.3. The van der Waals surface area contributed by atoms with E-state index in [4.69, 9.17) is 0 Å². The number of aromatic nitrogens is 2. The molecule has 0 atom stereocenters. The van der Waals surface area contributed by atoms with Gasteiger partial charge in [0.05, 0.1) is 0 Å². The van der Waals surface area contributed by atoms with E-state index in [9.17, 15) is 0 Å². The molecular formula is C19H24IN5S. The van der Waals surface area contributed by atoms with Crippen molar-refractivity contribution in [3.8, 4) is 0 Å². The third-order valence-corrected chi connectivity index (χ3v) is 4.63. The molecule has 3 rings (SSSR count). The van der Waals surface area contributed by atoms with Crippen LogP contribution in [0, 0.1) is 0 Å². The van der Waals surface area contributed by atoms with Crippen molar-refractivity contribution in [3.63, 3.8) is 0 Å². The Morgan fingerprint density at radius 2 is 2.00 bits per heavy atom. The highest BCUT2D eigenvalue weighted by molar-refractivity contribution is 14.0. The van der Waals surface area contributed by atoms with Crippen molar-refractivity contribution in [1.29, 1.82) is 0 Å². The molecule has 3 aromatic rings. The number of hydrogen-bond donors (Lipinski definition) is 2. The summed E-state index contributed by atoms with van der Waals surface area (Å²) in [4.78, 5) is 8.75. The molecular weight excluding hydrogens is 457 g/mol. The van der Waals surface area contributed by atoms with Crippen LogP contribution < -0.4 is 10.6 Å². The molecule has 0 saturated carbocycles. The van der Waals surface area contributed by atoms with E-state index in [-0.39, 0.29) is 24.0 Å². The Kier molecular flexibility index (Phi) is 8.63. The van der Waals surface area contributed by atoms with Crippen LogP contribution in [-0.4, -0.2) is 29.1 Å². The molecule has 0 fully saturated rings. The van der Waals surface area contributed by atoms with E-state index in [1.54, 1.807) is 18.4 Å². The summed E-state index contributed by atoms with van der Waals surface area (Å²) in [5.74, 6) is 1.89. The van der Waals surface area contributed by atoms with Crippen LogP contribution in [0.5, 0.6) is 0 Å². The Hall–Kier alpha value is -1.87. The molecule has 2 heterocycles. The second-order valence-electron chi connectivity index (χ2n) is 5.69. The zero-order valence-corrected chi connectivity index (χ0v) is 17.9. The highest BCUT2D eigenvalue weighted by Gasteiger charge is 2.05. The van der Waals surface area contributed by atoms with Crippen molar-refractivity contribution >= 4 is 41.3 Å². The number of nitrogens with one attached hydrogen (secondary N) is 2. The van der Waals surface area contributed by atoms with Crippen molar-refractivity contribution < 1.29 is 0 Å². The normalized spacial score (nSPS) is 11.0. The van der Waals surface area contributed by atoms with Crippen LogP contribution in [0.4, 0.5) is 0 Å². The summed E-state index contributed by atoms with van der Waals surface area (Å²) in [6.45, 7) is 2.42. The third-order valence-electron chi connectivity index (χ3n) is 3.90. The molecule has 0 radical (unpaired) electrons. The predicted molar refractivity (Wildman–Crippen MR) is 119 cm³/mol. The number of nitrogens with zero attached hydrogens (tertiary/aromatic N) is 3. The van der Waals surface area contributed by atoms with Gasteiger partial charge < -0.3 is 15.2 Å². The predicted octanol–water partition coefficient (Wildman–Crippen LogP) is 3.52. The number of halogens is 1. The first kappa shape index (κ1) is 20.4. The van der Waals surface area contributed by atoms with Gasteiger partial charge in [-0.1, -0.05) is 30.3 Å². The van der Waals surface area contributed by atoms with E-state index in [0.717, 1.165) is 37.8 Å². The van der Waals surface area contributed by atoms with E-state index < -0.39 is 0 Å². The van der Waals surface area contributed by atoms with Crippen molar-refractivity contribution in [2.45, 2.75) is 19.5 Å². The summed E-state index contributed by atoms with van der Waals surface area (Å²) in [7, 11) is 1.79. The number of rotatable bonds is 7. The fourth-order valence-corrected chi connectivity index (χ4v) is 3.25. The zero-order valence-electron chi connectivity index (χ0n) is 14.8. The van der Waals surface area contributed by atoms with Gasteiger partial charge in [-0.05, 0) is 28.0 Å². The highest BCUT2D eigenvalue weighted by atomic mass is 127. The summed E-state index contributed by atoms with van der Waals surface area (Å²) in [5.41, 5.74) is 2.55. The van der Waals surface area contributed by atoms with Gasteiger partial charge in [-0.2, -0.15) is 11.3 Å². The summed E-state index contributed by atoms with van der Waals surface area (Å²) in [5, 5.41) is 10.9. The van der Waals surface area contributed by atoms with E-state index in [1.165, 1.54) is 11.1 Å². The fraction of sp³-hybridized carbons (Fsp3) is 0.263. The number of aliphatic imine (C=N–C) groups is 1. The van der Waals surface area contributed by atoms with Gasteiger partial charge >= 0.3 is 0 Å². The van der Waals surface area contributed by atoms with Gasteiger partial charge in [0, 0.05) is 45.5 Å². The SMILES string of the molecule is CN=C(NCCc1nccn1Cc1ccccc1)NCc1ccsc1.I. The summed E-state index contributed by atoms with van der Waals surface area (Å²) in [6.07, 6.45) is 4.74. The van der Waals surface area contributed by atoms with E-state index in [2.05, 4.69) is 66.3 Å². The molecule has 0 saturated heterocycles. The lowest BCUT2D eigenvalue weighted by Gasteiger charge is -2.12. The zero-order chi connectivity index (χ0) is 17.3. The summed E-state index contributed by atoms with van der Waals surface area (Å²) < 4.78 is 2.19. The highest BCUT2D eigenvalue weighted by Crippen LogP contribution is 2.06. The van der Waals surface area contributed by atoms with Gasteiger partial charge in [0.15, 0.2) is 5.96 Å². The van der Waals surface area contributed by atoms with E-state index in [0.29, 0.717) is 0 Å². The number of guanidine groups is 1. The second-order valence-corrected chi connectivity index (χ2v) is 6.47. The maximum atomic E-state index is 4.49. The maximum Gasteiger partial charge on any atom is 0.191 e. The van der Waals surface area contributed by atoms with Crippen LogP contribution in [0.25, 0.3) is 0 Å². The molecule has 0 unspecified atom stereocenters. The average Bonchev–Trinajstić information content (AvgIpc) is 3.31. The van der Waals surface area contributed by atoms with Crippen LogP contribution in [0.2, 0.25) is 0 Å². The first-order valence-corrected chi connectivity index (χ1v) is 9.29. The molecule has 138 valence electrons. The first-order valence-electron chi connectivity index (χ1n) is 8.34. The molecule has 2 aromatic heterocycles. The quantitative estimate of drug-likeness (QED) is 0.309. The van der Waals surface area contributed by atoms with Gasteiger partial charge in [-0.25, -0.2) is 4.98 Å². The van der Waals surface area contributed by atoms with Crippen molar-refractivity contribution in [3.05, 3.63) is 76.5 Å². The minimum atomic E-state index is 0. The van der Waals surface area contributed by atoms with Gasteiger partial charge in [0.25, 0.3) is 0 Å². The van der Waals surface area contributed by atoms with Crippen molar-refractivity contribution in [1.82, 2.24) is 20.2 Å². The lowest BCUT2D eigenvalue weighted by atomic mass is 10.2. The minimum Gasteiger partial charge on any atom is -0.356 e. The molecule has 0 spiro atoms. The van der Waals surface area contributed by atoms with Crippen molar-refractivity contribution in [2.75, 3.05) is 13.6 Å². The third kappa shape index (κ3) is 6.14. The number of hydrogen-bond acceptors (Lipinski definition) is 3. The largest absolute Gasteiger partial charge is 0.356 e. The lowest BCUT2D eigenvalue weighted by Crippen LogP contribution is -2.38. The molecule has 0 aliphatic heterocycles. The summed E-state index contributed by atoms with van der Waals surface area (Å²) >= 11 is 1.71. The topological polar surface area (TPSA) is 54.2 Å². The lowest BCUT2D eigenvalue weighted by molar-refractivity contribution is 0.694. The summed E-state index contributed by atoms with van der Waals surface area (Å²) in [6, 6.07) is 12.6. The average molecular weight is 481 g/mol. The Morgan fingerprint density at radius 1 is 1.15 bits per heavy atom. The Labute approximate surface area is 175 Å². The van der Waals surface area contributed by atoms with Gasteiger partial charge in [0.1, 0.15) is 5.82 Å². The molecule has 0 aliphatic rings. The standard InChI is InChI=1S/C19H23N5S.HI/c1-20-19(23-13-17-8-12-25-15-17)22-9-7-18-21-10-11-24(18)14-16-5-3-2-4-6-16;/h2-6,8,10-12,15H,7,9,13-14H2,1H3,(H2,20,22,23);1H. The van der Waals surface area contributed by atoms with Crippen LogP contribution in [0.15, 0.2) is 64.5 Å². The van der Waals surface area contributed by atoms with Crippen molar-refractivity contribution in [2.24, 2.45) is 4.99 Å². The monoisotopic (exact) mass is 481 g/mol. The van der Waals surface area contributed by atoms with Gasteiger partial charge in [0.2, 0.25) is 0 Å². The molecule has 2 N–H and O–H groups in total. The van der Waals surface area contributed by atoms with Gasteiger partial charge in [-0.15, -0.1) is 24.0 Å². The molecule has 1 aromatic carbocycles. The van der Waals surface area contributed by atoms with E-state index >= 15 is 0 Å². The molecule has 0 aliphatic carbocycles. The van der Waals surface area contributed by atoms with Crippen LogP contribution in [-0.2, 0) is 19.5 Å².